The van der Waals surface area contributed by atoms with Crippen LogP contribution in [0.1, 0.15) is 69.8 Å². The number of piperidine rings is 1. The molecule has 1 aliphatic heterocycles. The number of pyridine rings is 2. The SMILES string of the molecule is CC#Cc1cnc2cc(-c3nnn(C4CCN(C(=O)OC(C)(C)C)CC4)c3C)cc(OC(COC)c3ccc(F)cn3)n12. The van der Waals surface area contributed by atoms with Gasteiger partial charge < -0.3 is 19.1 Å². The monoisotopic (exact) mass is 589 g/mol. The number of methoxy groups -OCH3 is 1. The van der Waals surface area contributed by atoms with Gasteiger partial charge in [-0.25, -0.2) is 18.9 Å². The summed E-state index contributed by atoms with van der Waals surface area (Å²) in [5, 5.41) is 9.06. The average Bonchev–Trinajstić information content (AvgIpc) is 3.56. The van der Waals surface area contributed by atoms with Crippen LogP contribution in [0, 0.1) is 24.6 Å². The molecule has 5 heterocycles. The molecular weight excluding hydrogens is 553 g/mol. The van der Waals surface area contributed by atoms with Crippen LogP contribution >= 0.6 is 0 Å². The highest BCUT2D eigenvalue weighted by Gasteiger charge is 2.29. The third-order valence-corrected chi connectivity index (χ3v) is 7.15. The Morgan fingerprint density at radius 1 is 1.16 bits per heavy atom. The van der Waals surface area contributed by atoms with E-state index in [2.05, 4.69) is 32.1 Å². The zero-order valence-corrected chi connectivity index (χ0v) is 25.3. The van der Waals surface area contributed by atoms with E-state index in [0.717, 1.165) is 30.3 Å². The maximum absolute atomic E-state index is 13.6. The number of imidazole rings is 1. The normalized spacial score (nSPS) is 14.8. The lowest BCUT2D eigenvalue weighted by Gasteiger charge is -2.33. The topological polar surface area (TPSA) is 109 Å². The second-order valence-electron chi connectivity index (χ2n) is 11.4. The molecule has 0 aliphatic carbocycles. The van der Waals surface area contributed by atoms with Crippen molar-refractivity contribution in [3.05, 3.63) is 59.6 Å². The first kappa shape index (κ1) is 30.0. The summed E-state index contributed by atoms with van der Waals surface area (Å²) < 4.78 is 34.8. The quantitative estimate of drug-likeness (QED) is 0.273. The predicted molar refractivity (Wildman–Crippen MR) is 157 cm³/mol. The Kier molecular flexibility index (Phi) is 8.64. The molecule has 12 heteroatoms. The van der Waals surface area contributed by atoms with Gasteiger partial charge in [0, 0.05) is 31.8 Å². The van der Waals surface area contributed by atoms with Gasteiger partial charge in [-0.15, -0.1) is 5.10 Å². The molecule has 1 unspecified atom stereocenters. The van der Waals surface area contributed by atoms with Crippen LogP contribution in [0.15, 0.2) is 36.7 Å². The van der Waals surface area contributed by atoms with Gasteiger partial charge in [0.05, 0.1) is 36.4 Å². The molecular formula is C31H36FN7O4. The van der Waals surface area contributed by atoms with Crippen molar-refractivity contribution in [2.24, 2.45) is 0 Å². The van der Waals surface area contributed by atoms with Crippen molar-refractivity contribution in [1.82, 2.24) is 34.3 Å². The van der Waals surface area contributed by atoms with Crippen molar-refractivity contribution < 1.29 is 23.4 Å². The van der Waals surface area contributed by atoms with E-state index in [1.165, 1.54) is 6.07 Å². The number of hydrogen-bond donors (Lipinski definition) is 0. The van der Waals surface area contributed by atoms with Crippen LogP contribution in [0.2, 0.25) is 0 Å². The third kappa shape index (κ3) is 6.62. The average molecular weight is 590 g/mol. The largest absolute Gasteiger partial charge is 0.466 e. The van der Waals surface area contributed by atoms with Crippen LogP contribution in [0.5, 0.6) is 5.88 Å². The standard InChI is InChI=1S/C31H36FN7O4/c1-7-8-24-18-34-27-15-21(16-28(38(24)27)42-26(19-41-6)25-10-9-22(32)17-33-25)29-20(2)39(36-35-29)23-11-13-37(14-12-23)30(40)43-31(3,4)5/h9-10,15-18,23,26H,11-14,19H2,1-6H3. The molecule has 0 N–H and O–H groups in total. The number of hydrogen-bond acceptors (Lipinski definition) is 8. The Bertz CT molecular complexity index is 1660. The Balaban J connectivity index is 1.45. The van der Waals surface area contributed by atoms with Crippen molar-refractivity contribution in [3.63, 3.8) is 0 Å². The highest BCUT2D eigenvalue weighted by molar-refractivity contribution is 5.69. The number of nitrogens with zero attached hydrogens (tertiary/aromatic N) is 7. The zero-order valence-electron chi connectivity index (χ0n) is 25.3. The van der Waals surface area contributed by atoms with Gasteiger partial charge in [0.1, 0.15) is 28.5 Å². The van der Waals surface area contributed by atoms with Gasteiger partial charge in [-0.05, 0) is 71.6 Å². The van der Waals surface area contributed by atoms with E-state index in [-0.39, 0.29) is 18.7 Å². The molecule has 5 rings (SSSR count). The first-order chi connectivity index (χ1) is 20.6. The van der Waals surface area contributed by atoms with E-state index in [4.69, 9.17) is 14.2 Å². The molecule has 0 spiro atoms. The number of fused-ring (bicyclic) bond motifs is 1. The summed E-state index contributed by atoms with van der Waals surface area (Å²) in [5.41, 5.74) is 3.60. The number of halogens is 1. The minimum absolute atomic E-state index is 0.0906. The van der Waals surface area contributed by atoms with Crippen LogP contribution < -0.4 is 4.74 Å². The number of carbonyl (C=O) groups is 1. The Labute approximate surface area is 250 Å². The summed E-state index contributed by atoms with van der Waals surface area (Å²) in [6.07, 6.45) is 3.39. The summed E-state index contributed by atoms with van der Waals surface area (Å²) in [6.45, 7) is 10.7. The molecule has 226 valence electrons. The lowest BCUT2D eigenvalue weighted by molar-refractivity contribution is 0.0183. The predicted octanol–water partition coefficient (Wildman–Crippen LogP) is 5.15. The van der Waals surface area contributed by atoms with Gasteiger partial charge in [-0.3, -0.25) is 9.38 Å². The zero-order chi connectivity index (χ0) is 30.7. The van der Waals surface area contributed by atoms with Gasteiger partial charge in [-0.2, -0.15) is 0 Å². The van der Waals surface area contributed by atoms with Crippen molar-refractivity contribution in [1.29, 1.82) is 0 Å². The van der Waals surface area contributed by atoms with E-state index in [0.29, 0.717) is 41.7 Å². The van der Waals surface area contributed by atoms with Crippen LogP contribution in [-0.2, 0) is 9.47 Å². The second-order valence-corrected chi connectivity index (χ2v) is 11.4. The van der Waals surface area contributed by atoms with Crippen molar-refractivity contribution in [3.8, 4) is 29.0 Å². The van der Waals surface area contributed by atoms with Gasteiger partial charge in [-0.1, -0.05) is 11.1 Å². The van der Waals surface area contributed by atoms with Gasteiger partial charge in [0.2, 0.25) is 5.88 Å². The van der Waals surface area contributed by atoms with Gasteiger partial charge in [0.15, 0.2) is 6.10 Å². The minimum Gasteiger partial charge on any atom is -0.466 e. The second kappa shape index (κ2) is 12.4. The van der Waals surface area contributed by atoms with Crippen LogP contribution in [0.25, 0.3) is 16.9 Å². The Morgan fingerprint density at radius 3 is 2.58 bits per heavy atom. The Morgan fingerprint density at radius 2 is 1.93 bits per heavy atom. The fourth-order valence-electron chi connectivity index (χ4n) is 5.15. The van der Waals surface area contributed by atoms with Gasteiger partial charge >= 0.3 is 6.09 Å². The summed E-state index contributed by atoms with van der Waals surface area (Å²) in [5.74, 6) is 6.01. The first-order valence-electron chi connectivity index (χ1n) is 14.2. The Hall–Kier alpha value is -4.50. The molecule has 1 saturated heterocycles. The molecule has 0 radical (unpaired) electrons. The molecule has 11 nitrogen and oxygen atoms in total. The summed E-state index contributed by atoms with van der Waals surface area (Å²) in [6, 6.07) is 6.79. The number of ether oxygens (including phenoxy) is 3. The summed E-state index contributed by atoms with van der Waals surface area (Å²) in [7, 11) is 1.57. The lowest BCUT2D eigenvalue weighted by Crippen LogP contribution is -2.42. The number of rotatable bonds is 7. The van der Waals surface area contributed by atoms with Gasteiger partial charge in [0.25, 0.3) is 0 Å². The highest BCUT2D eigenvalue weighted by atomic mass is 19.1. The molecule has 1 aliphatic rings. The van der Waals surface area contributed by atoms with Crippen LogP contribution in [0.3, 0.4) is 0 Å². The van der Waals surface area contributed by atoms with E-state index >= 15 is 0 Å². The molecule has 0 aromatic carbocycles. The molecule has 0 saturated carbocycles. The molecule has 4 aromatic heterocycles. The van der Waals surface area contributed by atoms with Crippen molar-refractivity contribution in [2.75, 3.05) is 26.8 Å². The fourth-order valence-corrected chi connectivity index (χ4v) is 5.15. The number of likely N-dealkylation sites (tertiary alicyclic amines) is 1. The molecule has 1 fully saturated rings. The maximum Gasteiger partial charge on any atom is 0.410 e. The number of carbonyl (C=O) groups excluding carboxylic acids is 1. The molecule has 1 atom stereocenters. The van der Waals surface area contributed by atoms with E-state index < -0.39 is 17.5 Å². The number of amides is 1. The van der Waals surface area contributed by atoms with E-state index in [1.54, 1.807) is 31.2 Å². The first-order valence-corrected chi connectivity index (χ1v) is 14.2. The summed E-state index contributed by atoms with van der Waals surface area (Å²) in [4.78, 5) is 23.1. The molecule has 43 heavy (non-hydrogen) atoms. The molecule has 4 aromatic rings. The minimum atomic E-state index is -0.624. The van der Waals surface area contributed by atoms with E-state index in [1.807, 2.05) is 48.9 Å². The molecule has 0 bridgehead atoms. The maximum atomic E-state index is 13.6. The fraction of sp³-hybridized carbons (Fsp3) is 0.452. The highest BCUT2D eigenvalue weighted by Crippen LogP contribution is 2.33. The summed E-state index contributed by atoms with van der Waals surface area (Å²) >= 11 is 0. The van der Waals surface area contributed by atoms with E-state index in [9.17, 15) is 9.18 Å². The van der Waals surface area contributed by atoms with Crippen molar-refractivity contribution in [2.45, 2.75) is 65.2 Å². The third-order valence-electron chi connectivity index (χ3n) is 7.15. The van der Waals surface area contributed by atoms with Crippen LogP contribution in [0.4, 0.5) is 9.18 Å². The smallest absolute Gasteiger partial charge is 0.410 e. The lowest BCUT2D eigenvalue weighted by atomic mass is 10.0. The van der Waals surface area contributed by atoms with Crippen LogP contribution in [-0.4, -0.2) is 72.8 Å². The number of aromatic nitrogens is 6. The van der Waals surface area contributed by atoms with Crippen molar-refractivity contribution >= 4 is 11.7 Å². The molecule has 1 amide bonds.